The molecule has 1 atom stereocenters. The van der Waals surface area contributed by atoms with Crippen LogP contribution in [0.1, 0.15) is 180 Å². The van der Waals surface area contributed by atoms with Crippen LogP contribution in [0.5, 0.6) is 11.5 Å². The lowest BCUT2D eigenvalue weighted by atomic mass is 9.98. The predicted molar refractivity (Wildman–Crippen MR) is 234 cm³/mol. The minimum atomic E-state index is -0.734. The lowest BCUT2D eigenvalue weighted by Crippen LogP contribution is -2.28. The maximum atomic E-state index is 11.9. The van der Waals surface area contributed by atoms with E-state index in [1.165, 1.54) is 128 Å². The van der Waals surface area contributed by atoms with Crippen molar-refractivity contribution in [2.45, 2.75) is 181 Å². The van der Waals surface area contributed by atoms with Crippen molar-refractivity contribution >= 4 is 5.97 Å². The van der Waals surface area contributed by atoms with Gasteiger partial charge in [-0.05, 0) is 122 Å². The Morgan fingerprint density at radius 3 is 1.35 bits per heavy atom. The zero-order valence-corrected chi connectivity index (χ0v) is 35.6. The number of benzene rings is 1. The summed E-state index contributed by atoms with van der Waals surface area (Å²) in [6.45, 7) is 6.44. The van der Waals surface area contributed by atoms with Gasteiger partial charge in [0.15, 0.2) is 0 Å². The van der Waals surface area contributed by atoms with E-state index in [1.807, 2.05) is 25.1 Å². The fraction of sp³-hybridized carbons (Fsp3) is 0.694. The highest BCUT2D eigenvalue weighted by Gasteiger charge is 2.18. The first-order valence-electron chi connectivity index (χ1n) is 22.3. The van der Waals surface area contributed by atoms with Crippen LogP contribution >= 0.6 is 0 Å². The maximum absolute atomic E-state index is 11.9. The lowest BCUT2D eigenvalue weighted by Gasteiger charge is -2.18. The summed E-state index contributed by atoms with van der Waals surface area (Å²) in [5.74, 6) is 0.538. The third-order valence-corrected chi connectivity index (χ3v) is 9.88. The molecule has 0 radical (unpaired) electrons. The molecule has 1 rings (SSSR count). The number of carboxylic acid groups (broad SMARTS) is 1. The molecule has 0 spiro atoms. The Kier molecular flexibility index (Phi) is 33.9. The molecule has 0 aliphatic carbocycles. The molecule has 0 saturated carbocycles. The number of carbonyl (C=O) groups is 1. The number of aryl methyl sites for hydroxylation is 1. The van der Waals surface area contributed by atoms with Crippen molar-refractivity contribution in [3.63, 3.8) is 0 Å². The summed E-state index contributed by atoms with van der Waals surface area (Å²) in [6.07, 6.45) is 49.4. The Bertz CT molecular complexity index is 1050. The van der Waals surface area contributed by atoms with Gasteiger partial charge in [0.25, 0.3) is 0 Å². The van der Waals surface area contributed by atoms with E-state index in [1.54, 1.807) is 0 Å². The zero-order chi connectivity index (χ0) is 39.2. The first-order valence-corrected chi connectivity index (χ1v) is 22.3. The quantitative estimate of drug-likeness (QED) is 0.0539. The van der Waals surface area contributed by atoms with Gasteiger partial charge in [0.1, 0.15) is 11.5 Å². The highest BCUT2D eigenvalue weighted by Crippen LogP contribution is 2.26. The second-order valence-electron chi connectivity index (χ2n) is 15.5. The average molecular weight is 750 g/mol. The Hall–Kier alpha value is -2.79. The number of hydrogen-bond donors (Lipinski definition) is 1. The number of unbranched alkanes of at least 4 members (excludes halogenated alkanes) is 18. The van der Waals surface area contributed by atoms with Gasteiger partial charge in [-0.2, -0.15) is 0 Å². The second kappa shape index (κ2) is 37.1. The van der Waals surface area contributed by atoms with Crippen LogP contribution < -0.4 is 9.47 Å². The van der Waals surface area contributed by atoms with E-state index in [2.05, 4.69) is 74.6 Å². The molecular weight excluding hydrogens is 667 g/mol. The molecule has 308 valence electrons. The van der Waals surface area contributed by atoms with Crippen molar-refractivity contribution in [3.05, 3.63) is 72.4 Å². The van der Waals surface area contributed by atoms with Crippen LogP contribution in [0.25, 0.3) is 0 Å². The average Bonchev–Trinajstić information content (AvgIpc) is 3.15. The third-order valence-electron chi connectivity index (χ3n) is 9.88. The van der Waals surface area contributed by atoms with Crippen LogP contribution in [0, 0.1) is 5.92 Å². The molecule has 1 aromatic carbocycles. The van der Waals surface area contributed by atoms with Crippen molar-refractivity contribution in [3.8, 4) is 11.5 Å². The highest BCUT2D eigenvalue weighted by molar-refractivity contribution is 5.70. The largest absolute Gasteiger partial charge is 0.493 e. The molecule has 5 nitrogen and oxygen atoms in total. The molecule has 54 heavy (non-hydrogen) atoms. The van der Waals surface area contributed by atoms with Crippen LogP contribution in [-0.4, -0.2) is 49.8 Å². The summed E-state index contributed by atoms with van der Waals surface area (Å²) in [4.78, 5) is 13.8. The molecular formula is C49H83NO4. The van der Waals surface area contributed by atoms with Crippen molar-refractivity contribution < 1.29 is 19.4 Å². The minimum absolute atomic E-state index is 0.398. The SMILES string of the molecule is CCCCC/C=C\C/C=C\CCCCCCCCOc1cc(CCC(CN(C)C)C(=O)O)cc(OCCCCCCCC/C=C\C/C=C\CCCCC)c1. The molecule has 0 fully saturated rings. The molecule has 0 aliphatic rings. The number of hydrogen-bond acceptors (Lipinski definition) is 4. The van der Waals surface area contributed by atoms with Gasteiger partial charge >= 0.3 is 5.97 Å². The van der Waals surface area contributed by atoms with E-state index in [4.69, 9.17) is 9.47 Å². The number of nitrogens with zero attached hydrogens (tertiary/aromatic N) is 1. The Balaban J connectivity index is 2.37. The summed E-state index contributed by atoms with van der Waals surface area (Å²) in [7, 11) is 3.86. The van der Waals surface area contributed by atoms with Crippen LogP contribution in [0.3, 0.4) is 0 Å². The predicted octanol–water partition coefficient (Wildman–Crippen LogP) is 14.3. The van der Waals surface area contributed by atoms with Gasteiger partial charge in [0.05, 0.1) is 19.1 Å². The van der Waals surface area contributed by atoms with Gasteiger partial charge in [-0.1, -0.05) is 140 Å². The molecule has 0 amide bonds. The summed E-state index contributed by atoms with van der Waals surface area (Å²) >= 11 is 0. The Labute approximate surface area is 333 Å². The molecule has 0 aromatic heterocycles. The summed E-state index contributed by atoms with van der Waals surface area (Å²) in [5.41, 5.74) is 1.08. The fourth-order valence-corrected chi connectivity index (χ4v) is 6.58. The molecule has 1 unspecified atom stereocenters. The van der Waals surface area contributed by atoms with Crippen LogP contribution in [0.4, 0.5) is 0 Å². The number of carboxylic acids is 1. The van der Waals surface area contributed by atoms with Gasteiger partial charge in [-0.15, -0.1) is 0 Å². The van der Waals surface area contributed by atoms with Crippen molar-refractivity contribution in [2.75, 3.05) is 33.9 Å². The normalized spacial score (nSPS) is 12.7. The monoisotopic (exact) mass is 750 g/mol. The summed E-state index contributed by atoms with van der Waals surface area (Å²) in [5, 5.41) is 9.75. The molecule has 0 saturated heterocycles. The summed E-state index contributed by atoms with van der Waals surface area (Å²) < 4.78 is 12.5. The number of allylic oxidation sites excluding steroid dienone is 8. The van der Waals surface area contributed by atoms with Crippen molar-refractivity contribution in [1.82, 2.24) is 4.90 Å². The number of ether oxygens (including phenoxy) is 2. The van der Waals surface area contributed by atoms with E-state index in [9.17, 15) is 9.90 Å². The van der Waals surface area contributed by atoms with Crippen molar-refractivity contribution in [2.24, 2.45) is 5.92 Å². The van der Waals surface area contributed by atoms with E-state index in [0.717, 1.165) is 42.7 Å². The van der Waals surface area contributed by atoms with Gasteiger partial charge < -0.3 is 19.5 Å². The lowest BCUT2D eigenvalue weighted by molar-refractivity contribution is -0.142. The van der Waals surface area contributed by atoms with Crippen LogP contribution in [0.2, 0.25) is 0 Å². The van der Waals surface area contributed by atoms with Crippen molar-refractivity contribution in [1.29, 1.82) is 0 Å². The topological polar surface area (TPSA) is 59.0 Å². The van der Waals surface area contributed by atoms with Gasteiger partial charge in [0.2, 0.25) is 0 Å². The number of rotatable bonds is 38. The van der Waals surface area contributed by atoms with Crippen LogP contribution in [0.15, 0.2) is 66.8 Å². The maximum Gasteiger partial charge on any atom is 0.307 e. The van der Waals surface area contributed by atoms with E-state index in [-0.39, 0.29) is 0 Å². The Morgan fingerprint density at radius 1 is 0.574 bits per heavy atom. The van der Waals surface area contributed by atoms with E-state index < -0.39 is 11.9 Å². The second-order valence-corrected chi connectivity index (χ2v) is 15.5. The molecule has 0 heterocycles. The van der Waals surface area contributed by atoms with Gasteiger partial charge in [0, 0.05) is 12.6 Å². The van der Waals surface area contributed by atoms with Gasteiger partial charge in [-0.25, -0.2) is 0 Å². The standard InChI is InChI=1S/C49H83NO4/c1-5-7-9-11-13-15-17-19-21-23-25-27-29-31-33-35-39-53-47-41-45(37-38-46(49(51)52)44-50(3)4)42-48(43-47)54-40-36-34-32-30-28-26-24-22-20-18-16-14-12-10-8-6-2/h13-16,19-22,41-43,46H,5-12,17-18,23-40,44H2,1-4H3,(H,51,52)/b15-13-,16-14-,21-19-,22-20-. The first kappa shape index (κ1) is 49.2. The molecule has 1 aromatic rings. The molecule has 1 N–H and O–H groups in total. The van der Waals surface area contributed by atoms with E-state index in [0.29, 0.717) is 32.6 Å². The third kappa shape index (κ3) is 31.5. The zero-order valence-electron chi connectivity index (χ0n) is 35.6. The highest BCUT2D eigenvalue weighted by atomic mass is 16.5. The van der Waals surface area contributed by atoms with Crippen LogP contribution in [-0.2, 0) is 11.2 Å². The molecule has 0 aliphatic heterocycles. The minimum Gasteiger partial charge on any atom is -0.493 e. The van der Waals surface area contributed by atoms with E-state index >= 15 is 0 Å². The Morgan fingerprint density at radius 2 is 0.963 bits per heavy atom. The molecule has 0 bridgehead atoms. The van der Waals surface area contributed by atoms with Gasteiger partial charge in [-0.3, -0.25) is 4.79 Å². The first-order chi connectivity index (χ1) is 26.5. The summed E-state index contributed by atoms with van der Waals surface area (Å²) in [6, 6.07) is 6.18. The molecule has 5 heteroatoms. The smallest absolute Gasteiger partial charge is 0.307 e. The fourth-order valence-electron chi connectivity index (χ4n) is 6.58. The number of aliphatic carboxylic acids is 1.